The SMILES string of the molecule is CCS(=O)(=O)CCCN1C(=O)C(C)NC(=O)C1C(C)(C)C. The van der Waals surface area contributed by atoms with Gasteiger partial charge in [-0.15, -0.1) is 0 Å². The van der Waals surface area contributed by atoms with Crippen LogP contribution in [-0.4, -0.2) is 55.3 Å². The third-order valence-corrected chi connectivity index (χ3v) is 5.48. The second-order valence-electron chi connectivity index (χ2n) is 6.62. The summed E-state index contributed by atoms with van der Waals surface area (Å²) < 4.78 is 23.1. The Balaban J connectivity index is 2.87. The summed E-state index contributed by atoms with van der Waals surface area (Å²) in [5.41, 5.74) is -0.399. The summed E-state index contributed by atoms with van der Waals surface area (Å²) in [7, 11) is -3.06. The van der Waals surface area contributed by atoms with Crippen LogP contribution in [-0.2, 0) is 19.4 Å². The van der Waals surface area contributed by atoms with Crippen molar-refractivity contribution in [2.75, 3.05) is 18.1 Å². The first-order chi connectivity index (χ1) is 9.49. The van der Waals surface area contributed by atoms with Gasteiger partial charge in [0.15, 0.2) is 0 Å². The average molecular weight is 318 g/mol. The van der Waals surface area contributed by atoms with Gasteiger partial charge in [-0.1, -0.05) is 27.7 Å². The third-order valence-electron chi connectivity index (χ3n) is 3.69. The maximum absolute atomic E-state index is 12.3. The molecule has 0 aromatic carbocycles. The molecule has 122 valence electrons. The number of rotatable bonds is 5. The molecule has 6 nitrogen and oxygen atoms in total. The molecule has 2 amide bonds. The molecule has 0 aliphatic carbocycles. The lowest BCUT2D eigenvalue weighted by Crippen LogP contribution is -2.66. The smallest absolute Gasteiger partial charge is 0.245 e. The number of piperazine rings is 1. The zero-order chi connectivity index (χ0) is 16.4. The lowest BCUT2D eigenvalue weighted by atomic mass is 9.83. The predicted molar refractivity (Wildman–Crippen MR) is 81.5 cm³/mol. The van der Waals surface area contributed by atoms with E-state index in [-0.39, 0.29) is 29.9 Å². The van der Waals surface area contributed by atoms with Crippen molar-refractivity contribution in [1.82, 2.24) is 10.2 Å². The molecule has 21 heavy (non-hydrogen) atoms. The molecule has 0 aromatic heterocycles. The molecule has 0 saturated carbocycles. The zero-order valence-electron chi connectivity index (χ0n) is 13.5. The standard InChI is InChI=1S/C14H26N2O4S/c1-6-21(19,20)9-7-8-16-11(14(3,4)5)12(17)15-10(2)13(16)18/h10-11H,6-9H2,1-5H3,(H,15,17). The van der Waals surface area contributed by atoms with Gasteiger partial charge in [0, 0.05) is 12.3 Å². The number of hydrogen-bond acceptors (Lipinski definition) is 4. The Kier molecular flexibility index (Phi) is 5.41. The number of sulfone groups is 1. The molecule has 1 N–H and O–H groups in total. The highest BCUT2D eigenvalue weighted by Crippen LogP contribution is 2.28. The first-order valence-corrected chi connectivity index (χ1v) is 9.13. The molecule has 0 bridgehead atoms. The highest BCUT2D eigenvalue weighted by molar-refractivity contribution is 7.91. The maximum Gasteiger partial charge on any atom is 0.245 e. The third kappa shape index (κ3) is 4.43. The largest absolute Gasteiger partial charge is 0.343 e. The number of amides is 2. The monoisotopic (exact) mass is 318 g/mol. The van der Waals surface area contributed by atoms with E-state index in [2.05, 4.69) is 5.32 Å². The van der Waals surface area contributed by atoms with E-state index < -0.39 is 27.3 Å². The topological polar surface area (TPSA) is 83.6 Å². The quantitative estimate of drug-likeness (QED) is 0.803. The van der Waals surface area contributed by atoms with E-state index in [9.17, 15) is 18.0 Å². The second-order valence-corrected chi connectivity index (χ2v) is 9.09. The first-order valence-electron chi connectivity index (χ1n) is 7.31. The lowest BCUT2D eigenvalue weighted by molar-refractivity contribution is -0.153. The molecule has 0 aromatic rings. The van der Waals surface area contributed by atoms with Gasteiger partial charge >= 0.3 is 0 Å². The summed E-state index contributed by atoms with van der Waals surface area (Å²) in [4.78, 5) is 26.1. The molecule has 0 spiro atoms. The van der Waals surface area contributed by atoms with Crippen molar-refractivity contribution in [3.05, 3.63) is 0 Å². The summed E-state index contributed by atoms with van der Waals surface area (Å²) in [6.07, 6.45) is 0.356. The van der Waals surface area contributed by atoms with Crippen molar-refractivity contribution in [1.29, 1.82) is 0 Å². The van der Waals surface area contributed by atoms with Crippen LogP contribution in [0.25, 0.3) is 0 Å². The summed E-state index contributed by atoms with van der Waals surface area (Å²) in [6.45, 7) is 9.24. The predicted octanol–water partition coefficient (Wildman–Crippen LogP) is 0.573. The molecular weight excluding hydrogens is 292 g/mol. The Bertz CT molecular complexity index is 508. The highest BCUT2D eigenvalue weighted by Gasteiger charge is 2.44. The maximum atomic E-state index is 12.3. The Morgan fingerprint density at radius 2 is 1.81 bits per heavy atom. The van der Waals surface area contributed by atoms with Gasteiger partial charge in [-0.2, -0.15) is 0 Å². The van der Waals surface area contributed by atoms with Crippen molar-refractivity contribution in [3.8, 4) is 0 Å². The minimum Gasteiger partial charge on any atom is -0.343 e. The van der Waals surface area contributed by atoms with Crippen LogP contribution in [0.4, 0.5) is 0 Å². The Morgan fingerprint density at radius 3 is 2.29 bits per heavy atom. The number of carbonyl (C=O) groups excluding carboxylic acids is 2. The van der Waals surface area contributed by atoms with Gasteiger partial charge < -0.3 is 10.2 Å². The van der Waals surface area contributed by atoms with Crippen LogP contribution in [0.2, 0.25) is 0 Å². The van der Waals surface area contributed by atoms with E-state index in [0.29, 0.717) is 6.42 Å². The fourth-order valence-corrected chi connectivity index (χ4v) is 3.43. The summed E-state index contributed by atoms with van der Waals surface area (Å²) >= 11 is 0. The van der Waals surface area contributed by atoms with Gasteiger partial charge in [0.25, 0.3) is 0 Å². The molecular formula is C14H26N2O4S. The molecule has 1 aliphatic heterocycles. The van der Waals surface area contributed by atoms with E-state index in [1.165, 1.54) is 4.90 Å². The van der Waals surface area contributed by atoms with E-state index in [1.54, 1.807) is 13.8 Å². The minimum absolute atomic E-state index is 0.0418. The van der Waals surface area contributed by atoms with Crippen molar-refractivity contribution in [2.24, 2.45) is 5.41 Å². The van der Waals surface area contributed by atoms with Crippen molar-refractivity contribution in [2.45, 2.75) is 53.1 Å². The van der Waals surface area contributed by atoms with Gasteiger partial charge in [0.05, 0.1) is 5.75 Å². The number of nitrogens with zero attached hydrogens (tertiary/aromatic N) is 1. The van der Waals surface area contributed by atoms with Crippen LogP contribution >= 0.6 is 0 Å². The van der Waals surface area contributed by atoms with Crippen LogP contribution in [0.1, 0.15) is 41.0 Å². The zero-order valence-corrected chi connectivity index (χ0v) is 14.3. The average Bonchev–Trinajstić information content (AvgIpc) is 2.33. The van der Waals surface area contributed by atoms with Crippen molar-refractivity contribution >= 4 is 21.7 Å². The van der Waals surface area contributed by atoms with E-state index in [4.69, 9.17) is 0 Å². The molecule has 2 atom stereocenters. The van der Waals surface area contributed by atoms with Crippen molar-refractivity contribution in [3.63, 3.8) is 0 Å². The molecule has 0 radical (unpaired) electrons. The lowest BCUT2D eigenvalue weighted by Gasteiger charge is -2.44. The van der Waals surface area contributed by atoms with Gasteiger partial charge in [-0.25, -0.2) is 8.42 Å². The summed E-state index contributed by atoms with van der Waals surface area (Å²) in [6, 6.07) is -1.12. The normalized spacial score (nSPS) is 24.1. The fraction of sp³-hybridized carbons (Fsp3) is 0.857. The molecule has 1 saturated heterocycles. The van der Waals surface area contributed by atoms with Gasteiger partial charge in [-0.3, -0.25) is 9.59 Å². The van der Waals surface area contributed by atoms with Crippen LogP contribution in [0.3, 0.4) is 0 Å². The molecule has 1 rings (SSSR count). The second kappa shape index (κ2) is 6.34. The number of carbonyl (C=O) groups is 2. The summed E-state index contributed by atoms with van der Waals surface area (Å²) in [5, 5.41) is 2.69. The van der Waals surface area contributed by atoms with Crippen LogP contribution < -0.4 is 5.32 Å². The van der Waals surface area contributed by atoms with Gasteiger partial charge in [0.2, 0.25) is 11.8 Å². The fourth-order valence-electron chi connectivity index (χ4n) is 2.57. The van der Waals surface area contributed by atoms with E-state index in [0.717, 1.165) is 0 Å². The Labute approximate surface area is 127 Å². The van der Waals surface area contributed by atoms with Gasteiger partial charge in [0.1, 0.15) is 21.9 Å². The molecule has 1 heterocycles. The van der Waals surface area contributed by atoms with E-state index in [1.807, 2.05) is 20.8 Å². The van der Waals surface area contributed by atoms with Crippen molar-refractivity contribution < 1.29 is 18.0 Å². The van der Waals surface area contributed by atoms with Crippen LogP contribution in [0.15, 0.2) is 0 Å². The number of hydrogen-bond donors (Lipinski definition) is 1. The van der Waals surface area contributed by atoms with Gasteiger partial charge in [-0.05, 0) is 18.8 Å². The molecule has 1 fully saturated rings. The molecule has 7 heteroatoms. The first kappa shape index (κ1) is 17.9. The molecule has 2 unspecified atom stereocenters. The van der Waals surface area contributed by atoms with Crippen LogP contribution in [0.5, 0.6) is 0 Å². The summed E-state index contributed by atoms with van der Waals surface area (Å²) in [5.74, 6) is -0.183. The Hall–Kier alpha value is -1.11. The molecule has 1 aliphatic rings. The minimum atomic E-state index is -3.06. The van der Waals surface area contributed by atoms with Crippen LogP contribution in [0, 0.1) is 5.41 Å². The van der Waals surface area contributed by atoms with E-state index >= 15 is 0 Å². The number of nitrogens with one attached hydrogen (secondary N) is 1. The Morgan fingerprint density at radius 1 is 1.24 bits per heavy atom. The highest BCUT2D eigenvalue weighted by atomic mass is 32.2.